The summed E-state index contributed by atoms with van der Waals surface area (Å²) in [7, 11) is 2.07. The zero-order valence-electron chi connectivity index (χ0n) is 12.2. The van der Waals surface area contributed by atoms with Crippen LogP contribution in [0.15, 0.2) is 27.5 Å². The third-order valence-corrected chi connectivity index (χ3v) is 4.61. The van der Waals surface area contributed by atoms with E-state index < -0.39 is 0 Å². The molecule has 0 saturated heterocycles. The van der Waals surface area contributed by atoms with Crippen LogP contribution in [0.5, 0.6) is 0 Å². The second kappa shape index (κ2) is 5.11. The first-order chi connectivity index (χ1) is 9.95. The highest BCUT2D eigenvalue weighted by Crippen LogP contribution is 2.27. The van der Waals surface area contributed by atoms with Crippen molar-refractivity contribution in [1.82, 2.24) is 14.5 Å². The van der Waals surface area contributed by atoms with E-state index in [2.05, 4.69) is 62.7 Å². The monoisotopic (exact) mass is 348 g/mol. The van der Waals surface area contributed by atoms with E-state index in [4.69, 9.17) is 0 Å². The van der Waals surface area contributed by atoms with E-state index in [1.54, 1.807) is 0 Å². The lowest BCUT2D eigenvalue weighted by Crippen LogP contribution is -2.02. The molecule has 0 atom stereocenters. The molecule has 0 amide bonds. The minimum atomic E-state index is -0.191. The van der Waals surface area contributed by atoms with E-state index in [-0.39, 0.29) is 5.69 Å². The van der Waals surface area contributed by atoms with Crippen LogP contribution in [-0.2, 0) is 13.6 Å². The number of hydrogen-bond donors (Lipinski definition) is 3. The SMILES string of the molecule is Cc1cc(CNc2cc3[nH]c(=O)[nH]c3cc2Br)c(C)n1C. The molecule has 0 unspecified atom stereocenters. The van der Waals surface area contributed by atoms with Crippen molar-refractivity contribution in [3.05, 3.63) is 50.1 Å². The number of aromatic nitrogens is 3. The van der Waals surface area contributed by atoms with Gasteiger partial charge in [0, 0.05) is 29.5 Å². The second-order valence-corrected chi connectivity index (χ2v) is 6.12. The molecule has 2 heterocycles. The molecular formula is C15H17BrN4O. The van der Waals surface area contributed by atoms with Crippen molar-refractivity contribution in [3.8, 4) is 0 Å². The summed E-state index contributed by atoms with van der Waals surface area (Å²) in [6.07, 6.45) is 0. The molecule has 3 N–H and O–H groups in total. The van der Waals surface area contributed by atoms with Crippen molar-refractivity contribution < 1.29 is 0 Å². The summed E-state index contributed by atoms with van der Waals surface area (Å²) in [5.41, 5.74) is 6.13. The van der Waals surface area contributed by atoms with Gasteiger partial charge < -0.3 is 19.9 Å². The van der Waals surface area contributed by atoms with Crippen molar-refractivity contribution >= 4 is 32.7 Å². The largest absolute Gasteiger partial charge is 0.380 e. The fourth-order valence-corrected chi connectivity index (χ4v) is 2.98. The number of H-pyrrole nitrogens is 2. The Labute approximate surface area is 130 Å². The number of imidazole rings is 1. The summed E-state index contributed by atoms with van der Waals surface area (Å²) < 4.78 is 3.11. The highest BCUT2D eigenvalue weighted by Gasteiger charge is 2.08. The lowest BCUT2D eigenvalue weighted by Gasteiger charge is -2.09. The zero-order chi connectivity index (χ0) is 15.1. The van der Waals surface area contributed by atoms with E-state index in [9.17, 15) is 4.79 Å². The van der Waals surface area contributed by atoms with Crippen LogP contribution < -0.4 is 11.0 Å². The van der Waals surface area contributed by atoms with E-state index >= 15 is 0 Å². The summed E-state index contributed by atoms with van der Waals surface area (Å²) in [5.74, 6) is 0. The standard InChI is InChI=1S/C15H17BrN4O/c1-8-4-10(9(2)20(8)3)7-17-12-6-14-13(5-11(12)16)18-15(21)19-14/h4-6,17H,7H2,1-3H3,(H2,18,19,21). The van der Waals surface area contributed by atoms with E-state index in [0.29, 0.717) is 0 Å². The molecule has 0 aliphatic carbocycles. The predicted molar refractivity (Wildman–Crippen MR) is 88.8 cm³/mol. The fraction of sp³-hybridized carbons (Fsp3) is 0.267. The van der Waals surface area contributed by atoms with Crippen LogP contribution in [0, 0.1) is 13.8 Å². The molecule has 3 aromatic rings. The Morgan fingerprint density at radius 3 is 2.48 bits per heavy atom. The maximum atomic E-state index is 11.3. The Morgan fingerprint density at radius 2 is 1.86 bits per heavy atom. The molecular weight excluding hydrogens is 332 g/mol. The normalized spacial score (nSPS) is 11.2. The fourth-order valence-electron chi connectivity index (χ4n) is 2.49. The summed E-state index contributed by atoms with van der Waals surface area (Å²) >= 11 is 3.53. The van der Waals surface area contributed by atoms with Gasteiger partial charge in [0.2, 0.25) is 0 Å². The number of aryl methyl sites for hydroxylation is 1. The Bertz CT molecular complexity index is 872. The highest BCUT2D eigenvalue weighted by atomic mass is 79.9. The van der Waals surface area contributed by atoms with Crippen LogP contribution in [0.3, 0.4) is 0 Å². The number of nitrogens with zero attached hydrogens (tertiary/aromatic N) is 1. The van der Waals surface area contributed by atoms with Gasteiger partial charge in [-0.2, -0.15) is 0 Å². The van der Waals surface area contributed by atoms with Gasteiger partial charge in [0.15, 0.2) is 0 Å². The third kappa shape index (κ3) is 2.51. The average Bonchev–Trinajstić information content (AvgIpc) is 2.90. The molecule has 0 radical (unpaired) electrons. The first-order valence-corrected chi connectivity index (χ1v) is 7.52. The third-order valence-electron chi connectivity index (χ3n) is 3.95. The molecule has 0 saturated carbocycles. The van der Waals surface area contributed by atoms with Crippen LogP contribution in [0.25, 0.3) is 11.0 Å². The molecule has 0 fully saturated rings. The Balaban J connectivity index is 1.89. The Morgan fingerprint density at radius 1 is 1.19 bits per heavy atom. The van der Waals surface area contributed by atoms with Gasteiger partial charge in [-0.3, -0.25) is 0 Å². The first kappa shape index (κ1) is 14.0. The van der Waals surface area contributed by atoms with Gasteiger partial charge in [0.1, 0.15) is 0 Å². The topological polar surface area (TPSA) is 65.6 Å². The van der Waals surface area contributed by atoms with Crippen molar-refractivity contribution in [2.45, 2.75) is 20.4 Å². The van der Waals surface area contributed by atoms with Crippen molar-refractivity contribution in [2.24, 2.45) is 7.05 Å². The number of anilines is 1. The van der Waals surface area contributed by atoms with Gasteiger partial charge in [-0.15, -0.1) is 0 Å². The van der Waals surface area contributed by atoms with Crippen LogP contribution in [-0.4, -0.2) is 14.5 Å². The summed E-state index contributed by atoms with van der Waals surface area (Å²) in [6, 6.07) is 6.02. The first-order valence-electron chi connectivity index (χ1n) is 6.73. The molecule has 0 aliphatic rings. The maximum Gasteiger partial charge on any atom is 0.323 e. The number of fused-ring (bicyclic) bond motifs is 1. The van der Waals surface area contributed by atoms with E-state index in [1.165, 1.54) is 17.0 Å². The smallest absolute Gasteiger partial charge is 0.323 e. The summed E-state index contributed by atoms with van der Waals surface area (Å²) in [6.45, 7) is 4.96. The quantitative estimate of drug-likeness (QED) is 0.680. The average molecular weight is 349 g/mol. The van der Waals surface area contributed by atoms with Crippen LogP contribution in [0.4, 0.5) is 5.69 Å². The molecule has 0 spiro atoms. The highest BCUT2D eigenvalue weighted by molar-refractivity contribution is 9.10. The molecule has 110 valence electrons. The molecule has 5 nitrogen and oxygen atoms in total. The summed E-state index contributed by atoms with van der Waals surface area (Å²) in [4.78, 5) is 16.8. The molecule has 0 bridgehead atoms. The van der Waals surface area contributed by atoms with Crippen LogP contribution in [0.2, 0.25) is 0 Å². The number of aromatic amines is 2. The van der Waals surface area contributed by atoms with Gasteiger partial charge in [0.05, 0.1) is 16.7 Å². The number of rotatable bonds is 3. The minimum Gasteiger partial charge on any atom is -0.380 e. The Hall–Kier alpha value is -1.95. The molecule has 0 aliphatic heterocycles. The maximum absolute atomic E-state index is 11.3. The van der Waals surface area contributed by atoms with E-state index in [0.717, 1.165) is 27.7 Å². The van der Waals surface area contributed by atoms with Gasteiger partial charge in [-0.25, -0.2) is 4.79 Å². The number of benzene rings is 1. The van der Waals surface area contributed by atoms with Gasteiger partial charge in [0.25, 0.3) is 0 Å². The van der Waals surface area contributed by atoms with Crippen LogP contribution >= 0.6 is 15.9 Å². The van der Waals surface area contributed by atoms with Crippen LogP contribution in [0.1, 0.15) is 17.0 Å². The van der Waals surface area contributed by atoms with Crippen molar-refractivity contribution in [1.29, 1.82) is 0 Å². The molecule has 2 aromatic heterocycles. The summed E-state index contributed by atoms with van der Waals surface area (Å²) in [5, 5.41) is 3.42. The van der Waals surface area contributed by atoms with Gasteiger partial charge >= 0.3 is 5.69 Å². The number of halogens is 1. The molecule has 3 rings (SSSR count). The molecule has 6 heteroatoms. The van der Waals surface area contributed by atoms with Crippen molar-refractivity contribution in [3.63, 3.8) is 0 Å². The zero-order valence-corrected chi connectivity index (χ0v) is 13.8. The number of hydrogen-bond acceptors (Lipinski definition) is 2. The molecule has 1 aromatic carbocycles. The lowest BCUT2D eigenvalue weighted by atomic mass is 10.2. The van der Waals surface area contributed by atoms with E-state index in [1.807, 2.05) is 12.1 Å². The minimum absolute atomic E-state index is 0.191. The van der Waals surface area contributed by atoms with Crippen molar-refractivity contribution in [2.75, 3.05) is 5.32 Å². The lowest BCUT2D eigenvalue weighted by molar-refractivity contribution is 0.837. The van der Waals surface area contributed by atoms with Gasteiger partial charge in [-0.1, -0.05) is 0 Å². The number of nitrogens with one attached hydrogen (secondary N) is 3. The Kier molecular flexibility index (Phi) is 3.41. The van der Waals surface area contributed by atoms with Gasteiger partial charge in [-0.05, 0) is 53.5 Å². The second-order valence-electron chi connectivity index (χ2n) is 5.27. The predicted octanol–water partition coefficient (Wildman–Crippen LogP) is 3.19. The molecule has 21 heavy (non-hydrogen) atoms.